The summed E-state index contributed by atoms with van der Waals surface area (Å²) in [6.07, 6.45) is 1.07. The smallest absolute Gasteiger partial charge is 0.00990 e. The van der Waals surface area contributed by atoms with Gasteiger partial charge in [-0.25, -0.2) is 0 Å². The molecule has 4 rings (SSSR count). The van der Waals surface area contributed by atoms with Crippen molar-refractivity contribution in [2.45, 2.75) is 13.3 Å². The van der Waals surface area contributed by atoms with E-state index >= 15 is 0 Å². The van der Waals surface area contributed by atoms with E-state index in [4.69, 9.17) is 0 Å². The van der Waals surface area contributed by atoms with Crippen LogP contribution in [0.25, 0.3) is 32.7 Å². The topological polar surface area (TPSA) is 0 Å². The van der Waals surface area contributed by atoms with E-state index in [-0.39, 0.29) is 0 Å². The summed E-state index contributed by atoms with van der Waals surface area (Å²) in [7, 11) is 0. The van der Waals surface area contributed by atoms with Gasteiger partial charge in [0.15, 0.2) is 0 Å². The first-order valence-electron chi connectivity index (χ1n) is 7.87. The summed E-state index contributed by atoms with van der Waals surface area (Å²) in [6, 6.07) is 28.5. The Hall–Kier alpha value is -2.60. The van der Waals surface area contributed by atoms with Gasteiger partial charge in [0.1, 0.15) is 0 Å². The highest BCUT2D eigenvalue weighted by molar-refractivity contribution is 6.06. The third kappa shape index (κ3) is 2.00. The summed E-state index contributed by atoms with van der Waals surface area (Å²) in [5.74, 6) is 0. The lowest BCUT2D eigenvalue weighted by Crippen LogP contribution is -1.88. The fourth-order valence-electron chi connectivity index (χ4n) is 3.36. The van der Waals surface area contributed by atoms with E-state index in [0.29, 0.717) is 0 Å². The average molecular weight is 282 g/mol. The number of hydrogen-bond donors (Lipinski definition) is 0. The molecule has 106 valence electrons. The van der Waals surface area contributed by atoms with Gasteiger partial charge in [-0.05, 0) is 44.7 Å². The van der Waals surface area contributed by atoms with Crippen molar-refractivity contribution in [3.63, 3.8) is 0 Å². The van der Waals surface area contributed by atoms with Gasteiger partial charge in [-0.2, -0.15) is 0 Å². The second kappa shape index (κ2) is 5.31. The van der Waals surface area contributed by atoms with Crippen molar-refractivity contribution in [1.82, 2.24) is 0 Å². The lowest BCUT2D eigenvalue weighted by molar-refractivity contribution is 1.16. The fourth-order valence-corrected chi connectivity index (χ4v) is 3.36. The molecule has 0 fully saturated rings. The molecule has 0 unspecified atom stereocenters. The summed E-state index contributed by atoms with van der Waals surface area (Å²) >= 11 is 0. The van der Waals surface area contributed by atoms with E-state index in [2.05, 4.69) is 85.8 Å². The van der Waals surface area contributed by atoms with Gasteiger partial charge in [-0.15, -0.1) is 0 Å². The minimum atomic E-state index is 1.07. The van der Waals surface area contributed by atoms with Crippen LogP contribution in [0, 0.1) is 0 Å². The largest absolute Gasteiger partial charge is 0.0616 e. The van der Waals surface area contributed by atoms with Crippen LogP contribution in [0.5, 0.6) is 0 Å². The summed E-state index contributed by atoms with van der Waals surface area (Å²) in [5.41, 5.74) is 4.06. The third-order valence-electron chi connectivity index (χ3n) is 4.48. The maximum Gasteiger partial charge on any atom is -0.00990 e. The predicted molar refractivity (Wildman–Crippen MR) is 96.3 cm³/mol. The summed E-state index contributed by atoms with van der Waals surface area (Å²) in [6.45, 7) is 2.22. The standard InChI is InChI=1S/C22H18/c1-2-16-14-15-22(20-12-6-5-10-18(16)20)21-13-7-9-17-8-3-4-11-19(17)21/h3-15H,2H2,1H3. The molecule has 0 aliphatic rings. The van der Waals surface area contributed by atoms with Crippen molar-refractivity contribution < 1.29 is 0 Å². The van der Waals surface area contributed by atoms with Crippen LogP contribution < -0.4 is 0 Å². The third-order valence-corrected chi connectivity index (χ3v) is 4.48. The van der Waals surface area contributed by atoms with Gasteiger partial charge in [-0.3, -0.25) is 0 Å². The van der Waals surface area contributed by atoms with Crippen molar-refractivity contribution in [3.05, 3.63) is 84.4 Å². The zero-order chi connectivity index (χ0) is 14.9. The zero-order valence-electron chi connectivity index (χ0n) is 12.7. The predicted octanol–water partition coefficient (Wildman–Crippen LogP) is 6.22. The van der Waals surface area contributed by atoms with Crippen molar-refractivity contribution in [2.24, 2.45) is 0 Å². The zero-order valence-corrected chi connectivity index (χ0v) is 12.7. The summed E-state index contributed by atoms with van der Waals surface area (Å²) in [5, 5.41) is 5.33. The number of aryl methyl sites for hydroxylation is 1. The van der Waals surface area contributed by atoms with Crippen LogP contribution in [-0.2, 0) is 6.42 Å². The molecule has 22 heavy (non-hydrogen) atoms. The highest BCUT2D eigenvalue weighted by Gasteiger charge is 2.09. The minimum absolute atomic E-state index is 1.07. The maximum atomic E-state index is 2.28. The molecule has 0 heterocycles. The SMILES string of the molecule is CCc1ccc(-c2cccc3ccccc23)c2ccccc12. The van der Waals surface area contributed by atoms with Gasteiger partial charge in [0, 0.05) is 0 Å². The lowest BCUT2D eigenvalue weighted by atomic mass is 9.91. The van der Waals surface area contributed by atoms with Crippen molar-refractivity contribution in [2.75, 3.05) is 0 Å². The van der Waals surface area contributed by atoms with Crippen LogP contribution in [0.2, 0.25) is 0 Å². The first kappa shape index (κ1) is 13.1. The molecule has 4 aromatic carbocycles. The molecule has 0 aliphatic heterocycles. The Bertz CT molecular complexity index is 958. The van der Waals surface area contributed by atoms with E-state index in [1.54, 1.807) is 0 Å². The Balaban J connectivity index is 2.09. The van der Waals surface area contributed by atoms with Gasteiger partial charge in [0.2, 0.25) is 0 Å². The molecule has 0 aromatic heterocycles. The van der Waals surface area contributed by atoms with Crippen LogP contribution >= 0.6 is 0 Å². The molecule has 4 aromatic rings. The van der Waals surface area contributed by atoms with Crippen LogP contribution in [0.15, 0.2) is 78.9 Å². The van der Waals surface area contributed by atoms with Crippen LogP contribution in [-0.4, -0.2) is 0 Å². The molecule has 0 nitrogen and oxygen atoms in total. The summed E-state index contributed by atoms with van der Waals surface area (Å²) < 4.78 is 0. The Morgan fingerprint density at radius 2 is 1.18 bits per heavy atom. The number of fused-ring (bicyclic) bond motifs is 2. The van der Waals surface area contributed by atoms with Crippen molar-refractivity contribution in [3.8, 4) is 11.1 Å². The maximum absolute atomic E-state index is 2.28. The average Bonchev–Trinajstić information content (AvgIpc) is 2.60. The van der Waals surface area contributed by atoms with Crippen molar-refractivity contribution in [1.29, 1.82) is 0 Å². The first-order chi connectivity index (χ1) is 10.9. The Morgan fingerprint density at radius 3 is 2.00 bits per heavy atom. The summed E-state index contributed by atoms with van der Waals surface area (Å²) in [4.78, 5) is 0. The molecule has 0 N–H and O–H groups in total. The molecule has 0 aliphatic carbocycles. The Morgan fingerprint density at radius 1 is 0.545 bits per heavy atom. The molecule has 0 saturated heterocycles. The van der Waals surface area contributed by atoms with Crippen molar-refractivity contribution >= 4 is 21.5 Å². The van der Waals surface area contributed by atoms with Gasteiger partial charge in [0.25, 0.3) is 0 Å². The molecule has 0 spiro atoms. The quantitative estimate of drug-likeness (QED) is 0.409. The molecule has 0 bridgehead atoms. The Labute approximate surface area is 131 Å². The van der Waals surface area contributed by atoms with Gasteiger partial charge in [-0.1, -0.05) is 85.8 Å². The second-order valence-electron chi connectivity index (χ2n) is 5.70. The minimum Gasteiger partial charge on any atom is -0.0616 e. The second-order valence-corrected chi connectivity index (χ2v) is 5.70. The van der Waals surface area contributed by atoms with Gasteiger partial charge < -0.3 is 0 Å². The molecular weight excluding hydrogens is 264 g/mol. The van der Waals surface area contributed by atoms with E-state index in [0.717, 1.165) is 6.42 Å². The first-order valence-corrected chi connectivity index (χ1v) is 7.87. The number of rotatable bonds is 2. The van der Waals surface area contributed by atoms with E-state index in [9.17, 15) is 0 Å². The fraction of sp³-hybridized carbons (Fsp3) is 0.0909. The van der Waals surface area contributed by atoms with Gasteiger partial charge >= 0.3 is 0 Å². The molecule has 0 atom stereocenters. The van der Waals surface area contributed by atoms with Gasteiger partial charge in [0.05, 0.1) is 0 Å². The molecule has 0 radical (unpaired) electrons. The molecule has 0 saturated carbocycles. The van der Waals surface area contributed by atoms with E-state index in [1.807, 2.05) is 0 Å². The van der Waals surface area contributed by atoms with E-state index in [1.165, 1.54) is 38.2 Å². The highest BCUT2D eigenvalue weighted by Crippen LogP contribution is 2.35. The van der Waals surface area contributed by atoms with Crippen LogP contribution in [0.3, 0.4) is 0 Å². The molecule has 0 heteroatoms. The van der Waals surface area contributed by atoms with E-state index < -0.39 is 0 Å². The molecular formula is C22H18. The monoisotopic (exact) mass is 282 g/mol. The molecule has 0 amide bonds. The number of hydrogen-bond acceptors (Lipinski definition) is 0. The lowest BCUT2D eigenvalue weighted by Gasteiger charge is -2.12. The number of benzene rings is 4. The Kier molecular flexibility index (Phi) is 3.16. The normalized spacial score (nSPS) is 11.1. The van der Waals surface area contributed by atoms with Crippen LogP contribution in [0.4, 0.5) is 0 Å². The highest BCUT2D eigenvalue weighted by atomic mass is 14.1. The van der Waals surface area contributed by atoms with Crippen LogP contribution in [0.1, 0.15) is 12.5 Å².